The Morgan fingerprint density at radius 2 is 1.96 bits per heavy atom. The van der Waals surface area contributed by atoms with Gasteiger partial charge in [0.25, 0.3) is 5.91 Å². The average molecular weight is 354 g/mol. The number of benzene rings is 1. The minimum atomic E-state index is -0.0922. The average Bonchev–Trinajstić information content (AvgIpc) is 3.33. The Bertz CT molecular complexity index is 830. The standard InChI is InChI=1S/C19H22N4O3/c1-21-17(7-8-20-21)19(25)23-11-14-10-22(18(24)16(14)12-23)9-13-3-5-15(26-2)6-4-13/h3-8,14,16H,9-12H2,1-2H3/t14-,16+/m0/s1. The van der Waals surface area contributed by atoms with Gasteiger partial charge in [-0.3, -0.25) is 14.3 Å². The van der Waals surface area contributed by atoms with Gasteiger partial charge in [0.2, 0.25) is 5.91 Å². The smallest absolute Gasteiger partial charge is 0.272 e. The minimum Gasteiger partial charge on any atom is -0.497 e. The summed E-state index contributed by atoms with van der Waals surface area (Å²) in [5.41, 5.74) is 1.65. The van der Waals surface area contributed by atoms with Crippen LogP contribution in [0.4, 0.5) is 0 Å². The number of ether oxygens (including phenoxy) is 1. The molecule has 2 amide bonds. The molecule has 2 fully saturated rings. The van der Waals surface area contributed by atoms with Gasteiger partial charge in [-0.25, -0.2) is 0 Å². The molecule has 3 heterocycles. The van der Waals surface area contributed by atoms with Crippen molar-refractivity contribution in [2.45, 2.75) is 6.54 Å². The summed E-state index contributed by atoms with van der Waals surface area (Å²) in [6.07, 6.45) is 1.62. The van der Waals surface area contributed by atoms with Crippen LogP contribution in [0.5, 0.6) is 5.75 Å². The number of hydrogen-bond acceptors (Lipinski definition) is 4. The molecule has 0 N–H and O–H groups in total. The van der Waals surface area contributed by atoms with Gasteiger partial charge >= 0.3 is 0 Å². The highest BCUT2D eigenvalue weighted by molar-refractivity contribution is 5.93. The van der Waals surface area contributed by atoms with Crippen LogP contribution in [-0.4, -0.2) is 58.1 Å². The Hall–Kier alpha value is -2.83. The largest absolute Gasteiger partial charge is 0.497 e. The maximum Gasteiger partial charge on any atom is 0.272 e. The summed E-state index contributed by atoms with van der Waals surface area (Å²) in [7, 11) is 3.39. The SMILES string of the molecule is COc1ccc(CN2C[C@H]3CN(C(=O)c4ccnn4C)C[C@H]3C2=O)cc1. The van der Waals surface area contributed by atoms with Crippen molar-refractivity contribution in [2.75, 3.05) is 26.7 Å². The molecule has 0 aliphatic carbocycles. The van der Waals surface area contributed by atoms with Gasteiger partial charge in [-0.1, -0.05) is 12.1 Å². The van der Waals surface area contributed by atoms with Crippen LogP contribution in [-0.2, 0) is 18.4 Å². The molecule has 1 aromatic heterocycles. The number of amides is 2. The molecule has 1 aromatic carbocycles. The number of carbonyl (C=O) groups excluding carboxylic acids is 2. The van der Waals surface area contributed by atoms with Gasteiger partial charge in [-0.2, -0.15) is 5.10 Å². The molecule has 4 rings (SSSR count). The number of nitrogens with zero attached hydrogens (tertiary/aromatic N) is 4. The third-order valence-corrected chi connectivity index (χ3v) is 5.38. The number of fused-ring (bicyclic) bond motifs is 1. The van der Waals surface area contributed by atoms with Gasteiger partial charge < -0.3 is 14.5 Å². The molecule has 2 saturated heterocycles. The van der Waals surface area contributed by atoms with Crippen molar-refractivity contribution < 1.29 is 14.3 Å². The number of likely N-dealkylation sites (tertiary alicyclic amines) is 2. The molecule has 0 radical (unpaired) electrons. The highest BCUT2D eigenvalue weighted by Crippen LogP contribution is 2.33. The number of hydrogen-bond donors (Lipinski definition) is 0. The van der Waals surface area contributed by atoms with E-state index in [0.717, 1.165) is 11.3 Å². The molecule has 2 aliphatic rings. The normalized spacial score (nSPS) is 22.0. The van der Waals surface area contributed by atoms with Crippen LogP contribution in [0.1, 0.15) is 16.1 Å². The minimum absolute atomic E-state index is 0.0473. The van der Waals surface area contributed by atoms with Gasteiger partial charge in [-0.15, -0.1) is 0 Å². The summed E-state index contributed by atoms with van der Waals surface area (Å²) in [5.74, 6) is 1.02. The van der Waals surface area contributed by atoms with Crippen molar-refractivity contribution in [3.63, 3.8) is 0 Å². The van der Waals surface area contributed by atoms with E-state index >= 15 is 0 Å². The zero-order valence-electron chi connectivity index (χ0n) is 15.0. The van der Waals surface area contributed by atoms with E-state index in [-0.39, 0.29) is 23.7 Å². The second kappa shape index (κ2) is 6.48. The summed E-state index contributed by atoms with van der Waals surface area (Å²) in [5, 5.41) is 4.05. The summed E-state index contributed by atoms with van der Waals surface area (Å²) in [6, 6.07) is 9.50. The van der Waals surface area contributed by atoms with Gasteiger partial charge in [0.1, 0.15) is 11.4 Å². The number of aryl methyl sites for hydroxylation is 1. The fourth-order valence-electron chi connectivity index (χ4n) is 3.95. The fourth-order valence-corrected chi connectivity index (χ4v) is 3.95. The van der Waals surface area contributed by atoms with Crippen LogP contribution in [0.25, 0.3) is 0 Å². The van der Waals surface area contributed by atoms with E-state index in [1.165, 1.54) is 0 Å². The topological polar surface area (TPSA) is 67.7 Å². The van der Waals surface area contributed by atoms with Crippen molar-refractivity contribution in [3.05, 3.63) is 47.8 Å². The predicted octanol–water partition coefficient (Wildman–Crippen LogP) is 1.16. The molecular formula is C19H22N4O3. The van der Waals surface area contributed by atoms with Crippen molar-refractivity contribution in [1.29, 1.82) is 0 Å². The van der Waals surface area contributed by atoms with Gasteiger partial charge in [0.05, 0.1) is 13.0 Å². The lowest BCUT2D eigenvalue weighted by Crippen LogP contribution is -2.36. The van der Waals surface area contributed by atoms with Gasteiger partial charge in [-0.05, 0) is 23.8 Å². The Labute approximate surface area is 152 Å². The zero-order valence-corrected chi connectivity index (χ0v) is 15.0. The predicted molar refractivity (Wildman–Crippen MR) is 94.5 cm³/mol. The monoisotopic (exact) mass is 354 g/mol. The van der Waals surface area contributed by atoms with Gasteiger partial charge in [0.15, 0.2) is 0 Å². The summed E-state index contributed by atoms with van der Waals surface area (Å²) < 4.78 is 6.75. The fraction of sp³-hybridized carbons (Fsp3) is 0.421. The number of aromatic nitrogens is 2. The molecule has 26 heavy (non-hydrogen) atoms. The van der Waals surface area contributed by atoms with E-state index in [2.05, 4.69) is 5.10 Å². The van der Waals surface area contributed by atoms with Crippen LogP contribution < -0.4 is 4.74 Å². The zero-order chi connectivity index (χ0) is 18.3. The molecule has 2 aromatic rings. The van der Waals surface area contributed by atoms with Crippen LogP contribution in [0.15, 0.2) is 36.5 Å². The lowest BCUT2D eigenvalue weighted by atomic mass is 10.0. The van der Waals surface area contributed by atoms with Gasteiger partial charge in [0, 0.05) is 45.3 Å². The quantitative estimate of drug-likeness (QED) is 0.826. The first kappa shape index (κ1) is 16.6. The Morgan fingerprint density at radius 1 is 1.19 bits per heavy atom. The van der Waals surface area contributed by atoms with Crippen molar-refractivity contribution in [1.82, 2.24) is 19.6 Å². The lowest BCUT2D eigenvalue weighted by Gasteiger charge is -2.22. The Morgan fingerprint density at radius 3 is 2.58 bits per heavy atom. The van der Waals surface area contributed by atoms with Crippen molar-refractivity contribution in [2.24, 2.45) is 18.9 Å². The van der Waals surface area contributed by atoms with Crippen LogP contribution >= 0.6 is 0 Å². The lowest BCUT2D eigenvalue weighted by molar-refractivity contribution is -0.131. The van der Waals surface area contributed by atoms with Crippen LogP contribution in [0.2, 0.25) is 0 Å². The maximum atomic E-state index is 12.8. The van der Waals surface area contributed by atoms with E-state index in [0.29, 0.717) is 31.9 Å². The molecule has 7 nitrogen and oxygen atoms in total. The van der Waals surface area contributed by atoms with E-state index in [4.69, 9.17) is 4.74 Å². The molecule has 0 saturated carbocycles. The first-order chi connectivity index (χ1) is 12.6. The first-order valence-corrected chi connectivity index (χ1v) is 8.76. The van der Waals surface area contributed by atoms with E-state index < -0.39 is 0 Å². The van der Waals surface area contributed by atoms with Crippen LogP contribution in [0.3, 0.4) is 0 Å². The Balaban J connectivity index is 1.40. The number of carbonyl (C=O) groups is 2. The second-order valence-electron chi connectivity index (χ2n) is 6.98. The number of rotatable bonds is 4. The Kier molecular flexibility index (Phi) is 4.14. The third-order valence-electron chi connectivity index (χ3n) is 5.38. The molecule has 0 spiro atoms. The molecule has 0 bridgehead atoms. The highest BCUT2D eigenvalue weighted by atomic mass is 16.5. The molecule has 2 aliphatic heterocycles. The second-order valence-corrected chi connectivity index (χ2v) is 6.98. The summed E-state index contributed by atoms with van der Waals surface area (Å²) >= 11 is 0. The summed E-state index contributed by atoms with van der Waals surface area (Å²) in [4.78, 5) is 29.1. The number of methoxy groups -OCH3 is 1. The molecule has 2 atom stereocenters. The summed E-state index contributed by atoms with van der Waals surface area (Å²) in [6.45, 7) is 2.42. The third kappa shape index (κ3) is 2.83. The maximum absolute atomic E-state index is 12.8. The first-order valence-electron chi connectivity index (χ1n) is 8.76. The van der Waals surface area contributed by atoms with Crippen molar-refractivity contribution >= 4 is 11.8 Å². The van der Waals surface area contributed by atoms with E-state index in [1.54, 1.807) is 36.0 Å². The molecule has 0 unspecified atom stereocenters. The highest BCUT2D eigenvalue weighted by Gasteiger charge is 2.47. The van der Waals surface area contributed by atoms with Crippen LogP contribution in [0, 0.1) is 11.8 Å². The molecular weight excluding hydrogens is 332 g/mol. The van der Waals surface area contributed by atoms with E-state index in [1.807, 2.05) is 29.2 Å². The van der Waals surface area contributed by atoms with Crippen molar-refractivity contribution in [3.8, 4) is 5.75 Å². The van der Waals surface area contributed by atoms with E-state index in [9.17, 15) is 9.59 Å². The molecule has 7 heteroatoms. The molecule has 136 valence electrons.